The van der Waals surface area contributed by atoms with Crippen LogP contribution in [0.4, 0.5) is 5.69 Å². The Hall–Kier alpha value is -3.10. The van der Waals surface area contributed by atoms with Gasteiger partial charge < -0.3 is 4.74 Å². The van der Waals surface area contributed by atoms with Crippen LogP contribution in [0.2, 0.25) is 0 Å². The minimum Gasteiger partial charge on any atom is -0.495 e. The fraction of sp³-hybridized carbons (Fsp3) is 0.0952. The zero-order chi connectivity index (χ0) is 20.3. The maximum absolute atomic E-state index is 13.2. The van der Waals surface area contributed by atoms with Crippen molar-refractivity contribution in [2.75, 3.05) is 11.8 Å². The second kappa shape index (κ2) is 8.10. The van der Waals surface area contributed by atoms with Crippen molar-refractivity contribution >= 4 is 27.0 Å². The van der Waals surface area contributed by atoms with Gasteiger partial charge in [0.2, 0.25) is 0 Å². The fourth-order valence-corrected chi connectivity index (χ4v) is 4.99. The number of ether oxygens (including phenoxy) is 1. The van der Waals surface area contributed by atoms with Crippen molar-refractivity contribution in [3.8, 4) is 16.3 Å². The van der Waals surface area contributed by atoms with Gasteiger partial charge in [0.25, 0.3) is 10.0 Å². The molecule has 0 aliphatic rings. The molecule has 6 nitrogen and oxygen atoms in total. The third-order valence-corrected chi connectivity index (χ3v) is 6.55. The Morgan fingerprint density at radius 3 is 2.52 bits per heavy atom. The summed E-state index contributed by atoms with van der Waals surface area (Å²) >= 11 is 1.45. The summed E-state index contributed by atoms with van der Waals surface area (Å²) in [5, 5.41) is 6.47. The van der Waals surface area contributed by atoms with Crippen LogP contribution in [0.15, 0.2) is 83.2 Å². The molecule has 0 unspecified atom stereocenters. The van der Waals surface area contributed by atoms with Crippen LogP contribution < -0.4 is 9.46 Å². The number of nitrogens with zero attached hydrogens (tertiary/aromatic N) is 2. The van der Waals surface area contributed by atoms with E-state index in [2.05, 4.69) is 9.82 Å². The average Bonchev–Trinajstić information content (AvgIpc) is 3.39. The van der Waals surface area contributed by atoms with Crippen LogP contribution in [0.1, 0.15) is 5.56 Å². The molecule has 29 heavy (non-hydrogen) atoms. The van der Waals surface area contributed by atoms with E-state index in [1.165, 1.54) is 18.4 Å². The molecule has 0 aliphatic carbocycles. The quantitative estimate of drug-likeness (QED) is 0.474. The minimum atomic E-state index is -3.88. The van der Waals surface area contributed by atoms with Crippen molar-refractivity contribution in [3.05, 3.63) is 83.9 Å². The summed E-state index contributed by atoms with van der Waals surface area (Å²) in [4.78, 5) is 0.916. The molecule has 0 saturated carbocycles. The zero-order valence-electron chi connectivity index (χ0n) is 15.6. The molecule has 0 aliphatic heterocycles. The molecule has 1 N–H and O–H groups in total. The first-order chi connectivity index (χ1) is 14.1. The Morgan fingerprint density at radius 1 is 1.03 bits per heavy atom. The molecule has 2 aromatic heterocycles. The van der Waals surface area contributed by atoms with Gasteiger partial charge in [0.05, 0.1) is 24.2 Å². The van der Waals surface area contributed by atoms with Crippen LogP contribution in [0, 0.1) is 0 Å². The van der Waals surface area contributed by atoms with Gasteiger partial charge in [-0.25, -0.2) is 8.42 Å². The molecule has 148 valence electrons. The van der Waals surface area contributed by atoms with Gasteiger partial charge in [-0.2, -0.15) is 5.10 Å². The monoisotopic (exact) mass is 425 g/mol. The van der Waals surface area contributed by atoms with E-state index in [4.69, 9.17) is 4.74 Å². The lowest BCUT2D eigenvalue weighted by Crippen LogP contribution is -2.14. The van der Waals surface area contributed by atoms with E-state index in [0.717, 1.165) is 10.4 Å². The van der Waals surface area contributed by atoms with Crippen molar-refractivity contribution in [1.82, 2.24) is 9.78 Å². The number of aromatic nitrogens is 2. The third-order valence-electron chi connectivity index (χ3n) is 4.31. The van der Waals surface area contributed by atoms with Gasteiger partial charge in [-0.3, -0.25) is 9.40 Å². The summed E-state index contributed by atoms with van der Waals surface area (Å²) in [6.45, 7) is 0.476. The highest BCUT2D eigenvalue weighted by molar-refractivity contribution is 7.92. The zero-order valence-corrected chi connectivity index (χ0v) is 17.3. The van der Waals surface area contributed by atoms with Crippen molar-refractivity contribution in [2.45, 2.75) is 11.4 Å². The summed E-state index contributed by atoms with van der Waals surface area (Å²) in [5.74, 6) is 0.449. The molecular formula is C21H19N3O3S2. The van der Waals surface area contributed by atoms with E-state index in [-0.39, 0.29) is 4.90 Å². The number of rotatable bonds is 7. The fourth-order valence-electron chi connectivity index (χ4n) is 2.96. The van der Waals surface area contributed by atoms with Gasteiger partial charge in [0, 0.05) is 6.20 Å². The summed E-state index contributed by atoms with van der Waals surface area (Å²) in [6, 6.07) is 20.4. The number of benzene rings is 2. The molecule has 4 rings (SSSR count). The highest BCUT2D eigenvalue weighted by Gasteiger charge is 2.25. The second-order valence-electron chi connectivity index (χ2n) is 6.31. The Balaban J connectivity index is 1.75. The summed E-state index contributed by atoms with van der Waals surface area (Å²) in [5.41, 5.74) is 1.84. The lowest BCUT2D eigenvalue weighted by molar-refractivity contribution is 0.417. The van der Waals surface area contributed by atoms with Gasteiger partial charge in [-0.05, 0) is 29.1 Å². The van der Waals surface area contributed by atoms with Crippen LogP contribution >= 0.6 is 11.3 Å². The lowest BCUT2D eigenvalue weighted by atomic mass is 10.2. The number of sulfonamides is 1. The lowest BCUT2D eigenvalue weighted by Gasteiger charge is -2.11. The van der Waals surface area contributed by atoms with Crippen LogP contribution in [-0.4, -0.2) is 25.3 Å². The first-order valence-electron chi connectivity index (χ1n) is 8.88. The normalized spacial score (nSPS) is 11.3. The summed E-state index contributed by atoms with van der Waals surface area (Å²) < 4.78 is 36.0. The Bertz CT molecular complexity index is 1200. The third kappa shape index (κ3) is 4.18. The second-order valence-corrected chi connectivity index (χ2v) is 8.91. The highest BCUT2D eigenvalue weighted by Crippen LogP contribution is 2.32. The molecule has 2 heterocycles. The maximum atomic E-state index is 13.2. The van der Waals surface area contributed by atoms with E-state index in [0.29, 0.717) is 23.7 Å². The Kier molecular flexibility index (Phi) is 5.37. The first-order valence-corrected chi connectivity index (χ1v) is 11.2. The van der Waals surface area contributed by atoms with Crippen molar-refractivity contribution < 1.29 is 13.2 Å². The van der Waals surface area contributed by atoms with Crippen molar-refractivity contribution in [2.24, 2.45) is 0 Å². The summed E-state index contributed by atoms with van der Waals surface area (Å²) in [7, 11) is -2.38. The smallest absolute Gasteiger partial charge is 0.265 e. The van der Waals surface area contributed by atoms with Gasteiger partial charge in [0.15, 0.2) is 0 Å². The number of hydrogen-bond donors (Lipinski definition) is 1. The number of para-hydroxylation sites is 2. The number of anilines is 1. The van der Waals surface area contributed by atoms with E-state index in [1.807, 2.05) is 47.8 Å². The predicted molar refractivity (Wildman–Crippen MR) is 115 cm³/mol. The number of nitrogens with one attached hydrogen (secondary N) is 1. The molecule has 0 amide bonds. The molecule has 0 atom stereocenters. The number of hydrogen-bond acceptors (Lipinski definition) is 5. The molecule has 2 aromatic carbocycles. The topological polar surface area (TPSA) is 73.2 Å². The van der Waals surface area contributed by atoms with Crippen LogP contribution in [-0.2, 0) is 16.6 Å². The van der Waals surface area contributed by atoms with E-state index < -0.39 is 10.0 Å². The molecule has 0 spiro atoms. The minimum absolute atomic E-state index is 0.127. The number of methoxy groups -OCH3 is 1. The van der Waals surface area contributed by atoms with Gasteiger partial charge in [-0.1, -0.05) is 48.5 Å². The predicted octanol–water partition coefficient (Wildman–Crippen LogP) is 4.47. The number of thiophene rings is 1. The highest BCUT2D eigenvalue weighted by atomic mass is 32.2. The van der Waals surface area contributed by atoms with E-state index >= 15 is 0 Å². The summed E-state index contributed by atoms with van der Waals surface area (Å²) in [6.07, 6.45) is 1.57. The SMILES string of the molecule is COc1ccccc1NS(=O)(=O)c1cn(Cc2ccccc2)nc1-c1cccs1. The van der Waals surface area contributed by atoms with Gasteiger partial charge in [0.1, 0.15) is 16.3 Å². The molecular weight excluding hydrogens is 406 g/mol. The molecule has 0 radical (unpaired) electrons. The Morgan fingerprint density at radius 2 is 1.79 bits per heavy atom. The molecule has 8 heteroatoms. The maximum Gasteiger partial charge on any atom is 0.265 e. The average molecular weight is 426 g/mol. The van der Waals surface area contributed by atoms with Gasteiger partial charge >= 0.3 is 0 Å². The molecule has 0 saturated heterocycles. The van der Waals surface area contributed by atoms with Crippen LogP contribution in [0.25, 0.3) is 10.6 Å². The molecule has 0 bridgehead atoms. The Labute approximate surface area is 173 Å². The molecule has 4 aromatic rings. The van der Waals surface area contributed by atoms with E-state index in [1.54, 1.807) is 35.1 Å². The van der Waals surface area contributed by atoms with Crippen LogP contribution in [0.3, 0.4) is 0 Å². The van der Waals surface area contributed by atoms with Crippen molar-refractivity contribution in [1.29, 1.82) is 0 Å². The van der Waals surface area contributed by atoms with Crippen molar-refractivity contribution in [3.63, 3.8) is 0 Å². The van der Waals surface area contributed by atoms with Gasteiger partial charge in [-0.15, -0.1) is 11.3 Å². The first kappa shape index (κ1) is 19.2. The largest absolute Gasteiger partial charge is 0.495 e. The van der Waals surface area contributed by atoms with E-state index in [9.17, 15) is 8.42 Å². The standard InChI is InChI=1S/C21H19N3O3S2/c1-27-18-11-6-5-10-17(18)23-29(25,26)20-15-24(14-16-8-3-2-4-9-16)22-21(20)19-12-7-13-28-19/h2-13,15,23H,14H2,1H3. The van der Waals surface area contributed by atoms with Crippen LogP contribution in [0.5, 0.6) is 5.75 Å². The molecule has 0 fully saturated rings.